The zero-order valence-electron chi connectivity index (χ0n) is 8.64. The molecule has 2 heterocycles. The Balaban J connectivity index is 2.10. The second kappa shape index (κ2) is 3.04. The molecule has 1 N–H and O–H groups in total. The molecule has 2 aliphatic rings. The van der Waals surface area contributed by atoms with Gasteiger partial charge in [-0.2, -0.15) is 0 Å². The number of rotatable bonds is 0. The highest BCUT2D eigenvalue weighted by Crippen LogP contribution is 2.42. The van der Waals surface area contributed by atoms with Gasteiger partial charge in [0, 0.05) is 12.8 Å². The van der Waals surface area contributed by atoms with Crippen LogP contribution in [0.15, 0.2) is 24.3 Å². The maximum atomic E-state index is 9.60. The van der Waals surface area contributed by atoms with Crippen molar-refractivity contribution in [3.05, 3.63) is 35.4 Å². The van der Waals surface area contributed by atoms with Crippen molar-refractivity contribution >= 4 is 0 Å². The molecule has 3 heteroatoms. The van der Waals surface area contributed by atoms with Crippen molar-refractivity contribution in [2.75, 3.05) is 0 Å². The van der Waals surface area contributed by atoms with Gasteiger partial charge in [-0.15, -0.1) is 0 Å². The van der Waals surface area contributed by atoms with E-state index in [1.54, 1.807) is 0 Å². The average molecular weight is 206 g/mol. The van der Waals surface area contributed by atoms with Gasteiger partial charge < -0.3 is 14.6 Å². The minimum absolute atomic E-state index is 0.298. The molecule has 0 aliphatic carbocycles. The fraction of sp³-hybridized carbons (Fsp3) is 0.500. The van der Waals surface area contributed by atoms with Gasteiger partial charge >= 0.3 is 0 Å². The van der Waals surface area contributed by atoms with Crippen LogP contribution in [0.25, 0.3) is 0 Å². The fourth-order valence-electron chi connectivity index (χ4n) is 2.58. The van der Waals surface area contributed by atoms with Crippen molar-refractivity contribution in [2.24, 2.45) is 0 Å². The van der Waals surface area contributed by atoms with Crippen LogP contribution in [-0.2, 0) is 21.5 Å². The number of ether oxygens (including phenoxy) is 2. The Morgan fingerprint density at radius 3 is 3.07 bits per heavy atom. The Hall–Kier alpha value is -0.900. The molecule has 0 saturated carbocycles. The second-order valence-corrected chi connectivity index (χ2v) is 4.43. The number of aliphatic hydroxyl groups is 1. The third-order valence-electron chi connectivity index (χ3n) is 3.24. The zero-order valence-corrected chi connectivity index (χ0v) is 8.64. The summed E-state index contributed by atoms with van der Waals surface area (Å²) in [5, 5.41) is 9.60. The van der Waals surface area contributed by atoms with E-state index in [4.69, 9.17) is 9.47 Å². The quantitative estimate of drug-likeness (QED) is 0.699. The number of hydrogen-bond acceptors (Lipinski definition) is 3. The first kappa shape index (κ1) is 9.33. The summed E-state index contributed by atoms with van der Waals surface area (Å²) in [4.78, 5) is 0. The van der Waals surface area contributed by atoms with Crippen LogP contribution in [-0.4, -0.2) is 17.7 Å². The highest BCUT2D eigenvalue weighted by Gasteiger charge is 2.44. The molecule has 2 bridgehead atoms. The topological polar surface area (TPSA) is 38.7 Å². The Labute approximate surface area is 88.6 Å². The number of fused-ring (bicyclic) bond motifs is 4. The van der Waals surface area contributed by atoms with E-state index in [0.717, 1.165) is 6.42 Å². The van der Waals surface area contributed by atoms with Gasteiger partial charge in [-0.25, -0.2) is 0 Å². The lowest BCUT2D eigenvalue weighted by molar-refractivity contribution is -0.331. The van der Waals surface area contributed by atoms with Crippen LogP contribution in [0.1, 0.15) is 24.5 Å². The molecule has 3 rings (SSSR count). The van der Waals surface area contributed by atoms with Crippen LogP contribution in [0.5, 0.6) is 0 Å². The van der Waals surface area contributed by atoms with E-state index < -0.39 is 11.9 Å². The highest BCUT2D eigenvalue weighted by molar-refractivity contribution is 5.34. The lowest BCUT2D eigenvalue weighted by atomic mass is 9.83. The first-order chi connectivity index (χ1) is 7.17. The fourth-order valence-corrected chi connectivity index (χ4v) is 2.58. The van der Waals surface area contributed by atoms with Crippen LogP contribution in [0.3, 0.4) is 0 Å². The van der Waals surface area contributed by atoms with E-state index in [-0.39, 0.29) is 6.29 Å². The first-order valence-corrected chi connectivity index (χ1v) is 5.27. The summed E-state index contributed by atoms with van der Waals surface area (Å²) < 4.78 is 11.1. The van der Waals surface area contributed by atoms with Crippen molar-refractivity contribution in [2.45, 2.75) is 37.9 Å². The molecule has 1 fully saturated rings. The van der Waals surface area contributed by atoms with E-state index in [1.165, 1.54) is 11.1 Å². The van der Waals surface area contributed by atoms with Gasteiger partial charge in [-0.1, -0.05) is 24.3 Å². The van der Waals surface area contributed by atoms with E-state index in [0.29, 0.717) is 6.42 Å². The molecule has 0 spiro atoms. The summed E-state index contributed by atoms with van der Waals surface area (Å²) in [7, 11) is 0. The van der Waals surface area contributed by atoms with Crippen molar-refractivity contribution < 1.29 is 14.6 Å². The summed E-state index contributed by atoms with van der Waals surface area (Å²) in [6.07, 6.45) is 0.222. The Morgan fingerprint density at radius 2 is 2.20 bits per heavy atom. The molecule has 80 valence electrons. The Morgan fingerprint density at radius 1 is 1.40 bits per heavy atom. The van der Waals surface area contributed by atoms with Gasteiger partial charge in [0.25, 0.3) is 0 Å². The van der Waals surface area contributed by atoms with E-state index in [1.807, 2.05) is 19.1 Å². The van der Waals surface area contributed by atoms with E-state index in [9.17, 15) is 5.11 Å². The standard InChI is InChI=1S/C12H14O3/c1-12-7-10(13)14-11(15-12)6-8-4-2-3-5-9(8)12/h2-5,10-11,13H,6-7H2,1H3/t10-,11-,12+/m0/s1. The normalized spacial score (nSPS) is 38.5. The van der Waals surface area contributed by atoms with Crippen LogP contribution < -0.4 is 0 Å². The SMILES string of the molecule is C[C@@]12C[C@@H](O)O[C@H](Cc3ccccc31)O2. The molecule has 2 aliphatic heterocycles. The lowest BCUT2D eigenvalue weighted by Gasteiger charge is -2.45. The first-order valence-electron chi connectivity index (χ1n) is 5.27. The van der Waals surface area contributed by atoms with Crippen LogP contribution in [0, 0.1) is 0 Å². The van der Waals surface area contributed by atoms with Crippen LogP contribution in [0.4, 0.5) is 0 Å². The van der Waals surface area contributed by atoms with E-state index >= 15 is 0 Å². The lowest BCUT2D eigenvalue weighted by Crippen LogP contribution is -2.48. The Kier molecular flexibility index (Phi) is 1.89. The molecule has 1 saturated heterocycles. The monoisotopic (exact) mass is 206 g/mol. The van der Waals surface area contributed by atoms with Gasteiger partial charge in [0.2, 0.25) is 0 Å². The van der Waals surface area contributed by atoms with Crippen LogP contribution in [0.2, 0.25) is 0 Å². The summed E-state index contributed by atoms with van der Waals surface area (Å²) in [5.41, 5.74) is 2.06. The maximum Gasteiger partial charge on any atom is 0.165 e. The number of hydrogen-bond donors (Lipinski definition) is 1. The van der Waals surface area contributed by atoms with Gasteiger partial charge in [-0.05, 0) is 18.1 Å². The predicted molar refractivity (Wildman–Crippen MR) is 54.1 cm³/mol. The van der Waals surface area contributed by atoms with Crippen LogP contribution >= 0.6 is 0 Å². The highest BCUT2D eigenvalue weighted by atomic mass is 16.7. The average Bonchev–Trinajstić information content (AvgIpc) is 2.15. The molecule has 3 atom stereocenters. The molecule has 0 unspecified atom stereocenters. The molecule has 15 heavy (non-hydrogen) atoms. The Bertz CT molecular complexity index is 390. The molecule has 1 aromatic rings. The summed E-state index contributed by atoms with van der Waals surface area (Å²) in [6, 6.07) is 8.21. The molecule has 0 aromatic heterocycles. The second-order valence-electron chi connectivity index (χ2n) is 4.43. The maximum absolute atomic E-state index is 9.60. The number of aliphatic hydroxyl groups excluding tert-OH is 1. The summed E-state index contributed by atoms with van der Waals surface area (Å²) in [6.45, 7) is 2.02. The third kappa shape index (κ3) is 1.39. The molecule has 0 radical (unpaired) electrons. The van der Waals surface area contributed by atoms with Gasteiger partial charge in [0.1, 0.15) is 0 Å². The molecule has 3 nitrogen and oxygen atoms in total. The molecule has 1 aromatic carbocycles. The van der Waals surface area contributed by atoms with E-state index in [2.05, 4.69) is 12.1 Å². The minimum Gasteiger partial charge on any atom is -0.368 e. The van der Waals surface area contributed by atoms with Crippen molar-refractivity contribution in [3.8, 4) is 0 Å². The largest absolute Gasteiger partial charge is 0.368 e. The van der Waals surface area contributed by atoms with Gasteiger partial charge in [0.15, 0.2) is 12.6 Å². The summed E-state index contributed by atoms with van der Waals surface area (Å²) in [5.74, 6) is 0. The smallest absolute Gasteiger partial charge is 0.165 e. The van der Waals surface area contributed by atoms with Crippen molar-refractivity contribution in [3.63, 3.8) is 0 Å². The van der Waals surface area contributed by atoms with Crippen molar-refractivity contribution in [1.29, 1.82) is 0 Å². The molecular weight excluding hydrogens is 192 g/mol. The predicted octanol–water partition coefficient (Wildman–Crippen LogP) is 1.54. The van der Waals surface area contributed by atoms with Gasteiger partial charge in [0.05, 0.1) is 5.60 Å². The minimum atomic E-state index is -0.706. The summed E-state index contributed by atoms with van der Waals surface area (Å²) >= 11 is 0. The number of benzene rings is 1. The van der Waals surface area contributed by atoms with Gasteiger partial charge in [-0.3, -0.25) is 0 Å². The van der Waals surface area contributed by atoms with Crippen molar-refractivity contribution in [1.82, 2.24) is 0 Å². The third-order valence-corrected chi connectivity index (χ3v) is 3.24. The molecular formula is C12H14O3. The molecule has 0 amide bonds. The zero-order chi connectivity index (χ0) is 10.5.